The van der Waals surface area contributed by atoms with Crippen LogP contribution in [0.25, 0.3) is 11.3 Å². The first kappa shape index (κ1) is 20.2. The summed E-state index contributed by atoms with van der Waals surface area (Å²) in [4.78, 5) is 29.5. The quantitative estimate of drug-likeness (QED) is 0.643. The van der Waals surface area contributed by atoms with Crippen LogP contribution in [0.15, 0.2) is 54.7 Å². The van der Waals surface area contributed by atoms with Crippen LogP contribution in [0.1, 0.15) is 35.9 Å². The van der Waals surface area contributed by atoms with Crippen LogP contribution in [0.3, 0.4) is 0 Å². The maximum absolute atomic E-state index is 12.5. The van der Waals surface area contributed by atoms with Crippen molar-refractivity contribution in [3.8, 4) is 11.3 Å². The summed E-state index contributed by atoms with van der Waals surface area (Å²) in [5, 5.41) is 5.85. The first-order valence-electron chi connectivity index (χ1n) is 10.0. The molecule has 1 aliphatic heterocycles. The Labute approximate surface area is 180 Å². The van der Waals surface area contributed by atoms with E-state index in [4.69, 9.17) is 16.6 Å². The minimum Gasteiger partial charge on any atom is -0.340 e. The van der Waals surface area contributed by atoms with Crippen LogP contribution in [0.5, 0.6) is 0 Å². The van der Waals surface area contributed by atoms with Gasteiger partial charge in [-0.3, -0.25) is 9.59 Å². The van der Waals surface area contributed by atoms with E-state index in [0.29, 0.717) is 16.3 Å². The molecule has 30 heavy (non-hydrogen) atoms. The zero-order valence-electron chi connectivity index (χ0n) is 16.7. The second-order valence-corrected chi connectivity index (χ2v) is 7.84. The largest absolute Gasteiger partial charge is 0.340 e. The van der Waals surface area contributed by atoms with Gasteiger partial charge >= 0.3 is 0 Å². The second kappa shape index (κ2) is 8.71. The Morgan fingerprint density at radius 2 is 1.87 bits per heavy atom. The van der Waals surface area contributed by atoms with Gasteiger partial charge in [0.2, 0.25) is 5.91 Å². The monoisotopic (exact) mass is 422 g/mol. The first-order valence-corrected chi connectivity index (χ1v) is 10.4. The lowest BCUT2D eigenvalue weighted by molar-refractivity contribution is -0.117. The number of halogens is 1. The number of rotatable bonds is 5. The molecular formula is C23H23ClN4O2. The van der Waals surface area contributed by atoms with Crippen molar-refractivity contribution >= 4 is 29.1 Å². The molecule has 0 bridgehead atoms. The van der Waals surface area contributed by atoms with Gasteiger partial charge in [0.15, 0.2) is 0 Å². The lowest BCUT2D eigenvalue weighted by Gasteiger charge is -2.15. The van der Waals surface area contributed by atoms with Crippen molar-refractivity contribution in [3.63, 3.8) is 0 Å². The highest BCUT2D eigenvalue weighted by molar-refractivity contribution is 6.33. The molecule has 2 amide bonds. The van der Waals surface area contributed by atoms with E-state index >= 15 is 0 Å². The lowest BCUT2D eigenvalue weighted by atomic mass is 10.1. The average Bonchev–Trinajstić information content (AvgIpc) is 3.18. The van der Waals surface area contributed by atoms with Crippen LogP contribution in [0.2, 0.25) is 5.02 Å². The number of aromatic nitrogens is 2. The summed E-state index contributed by atoms with van der Waals surface area (Å²) in [6.07, 6.45) is 5.49. The standard InChI is InChI=1S/C23H23ClN4O2/c1-15(25-23(30)18-6-2-3-7-19(18)24)22(29)26-17-11-9-16(10-12-17)20-14-28-13-5-4-8-21(28)27-20/h2-3,6-7,9-12,14-15H,4-5,8,13H2,1H3,(H,25,30)(H,26,29). The Balaban J connectivity index is 1.38. The Hall–Kier alpha value is -3.12. The van der Waals surface area contributed by atoms with Crippen molar-refractivity contribution in [2.75, 3.05) is 5.32 Å². The third-order valence-corrected chi connectivity index (χ3v) is 5.55. The molecule has 7 heteroatoms. The van der Waals surface area contributed by atoms with Gasteiger partial charge in [-0.2, -0.15) is 0 Å². The van der Waals surface area contributed by atoms with E-state index in [-0.39, 0.29) is 11.8 Å². The molecular weight excluding hydrogens is 400 g/mol. The Bertz CT molecular complexity index is 1050. The maximum atomic E-state index is 12.5. The number of anilines is 1. The van der Waals surface area contributed by atoms with E-state index in [1.165, 1.54) is 12.8 Å². The normalized spacial score (nSPS) is 13.9. The Morgan fingerprint density at radius 3 is 2.60 bits per heavy atom. The molecule has 0 radical (unpaired) electrons. The van der Waals surface area contributed by atoms with Crippen LogP contribution in [-0.4, -0.2) is 27.4 Å². The van der Waals surface area contributed by atoms with Gasteiger partial charge in [0.1, 0.15) is 11.9 Å². The molecule has 0 saturated carbocycles. The van der Waals surface area contributed by atoms with E-state index in [9.17, 15) is 9.59 Å². The van der Waals surface area contributed by atoms with Crippen molar-refractivity contribution in [1.29, 1.82) is 0 Å². The molecule has 2 aromatic carbocycles. The first-order chi connectivity index (χ1) is 14.5. The van der Waals surface area contributed by atoms with Gasteiger partial charge < -0.3 is 15.2 Å². The summed E-state index contributed by atoms with van der Waals surface area (Å²) in [5.74, 6) is 0.444. The van der Waals surface area contributed by atoms with Gasteiger partial charge in [0.05, 0.1) is 16.3 Å². The Morgan fingerprint density at radius 1 is 1.10 bits per heavy atom. The van der Waals surface area contributed by atoms with Crippen molar-refractivity contribution < 1.29 is 9.59 Å². The molecule has 2 N–H and O–H groups in total. The van der Waals surface area contributed by atoms with Gasteiger partial charge in [0.25, 0.3) is 5.91 Å². The fraction of sp³-hybridized carbons (Fsp3) is 0.261. The molecule has 0 saturated heterocycles. The average molecular weight is 423 g/mol. The van der Waals surface area contributed by atoms with Crippen LogP contribution in [-0.2, 0) is 17.8 Å². The third kappa shape index (κ3) is 4.39. The fourth-order valence-electron chi connectivity index (χ4n) is 3.51. The summed E-state index contributed by atoms with van der Waals surface area (Å²) >= 11 is 6.04. The molecule has 0 spiro atoms. The molecule has 6 nitrogen and oxygen atoms in total. The van der Waals surface area contributed by atoms with Crippen molar-refractivity contribution in [2.45, 2.75) is 38.8 Å². The molecule has 4 rings (SSSR count). The van der Waals surface area contributed by atoms with E-state index in [1.807, 2.05) is 24.3 Å². The van der Waals surface area contributed by atoms with E-state index in [1.54, 1.807) is 31.2 Å². The van der Waals surface area contributed by atoms with Gasteiger partial charge in [-0.25, -0.2) is 4.98 Å². The number of hydrogen-bond acceptors (Lipinski definition) is 3. The second-order valence-electron chi connectivity index (χ2n) is 7.43. The zero-order chi connectivity index (χ0) is 21.1. The molecule has 2 heterocycles. The fourth-order valence-corrected chi connectivity index (χ4v) is 3.73. The number of aryl methyl sites for hydroxylation is 2. The van der Waals surface area contributed by atoms with Gasteiger partial charge in [-0.15, -0.1) is 0 Å². The Kier molecular flexibility index (Phi) is 5.86. The molecule has 1 unspecified atom stereocenters. The van der Waals surface area contributed by atoms with Crippen LogP contribution in [0.4, 0.5) is 5.69 Å². The number of hydrogen-bond donors (Lipinski definition) is 2. The van der Waals surface area contributed by atoms with Gasteiger partial charge in [-0.1, -0.05) is 35.9 Å². The smallest absolute Gasteiger partial charge is 0.253 e. The molecule has 154 valence electrons. The number of fused-ring (bicyclic) bond motifs is 1. The molecule has 1 atom stereocenters. The molecule has 3 aromatic rings. The van der Waals surface area contributed by atoms with E-state index in [2.05, 4.69) is 21.4 Å². The SMILES string of the molecule is CC(NC(=O)c1ccccc1Cl)C(=O)Nc1ccc(-c2cn3c(n2)CCCC3)cc1. The number of nitrogens with one attached hydrogen (secondary N) is 2. The third-order valence-electron chi connectivity index (χ3n) is 5.22. The van der Waals surface area contributed by atoms with Gasteiger partial charge in [-0.05, 0) is 44.0 Å². The topological polar surface area (TPSA) is 76.0 Å². The highest BCUT2D eigenvalue weighted by atomic mass is 35.5. The van der Waals surface area contributed by atoms with Gasteiger partial charge in [0, 0.05) is 30.4 Å². The minimum absolute atomic E-state index is 0.305. The van der Waals surface area contributed by atoms with Crippen molar-refractivity contribution in [1.82, 2.24) is 14.9 Å². The number of imidazole rings is 1. The van der Waals surface area contributed by atoms with Crippen LogP contribution < -0.4 is 10.6 Å². The molecule has 0 aliphatic carbocycles. The number of carbonyl (C=O) groups excluding carboxylic acids is 2. The number of nitrogens with zero attached hydrogens (tertiary/aromatic N) is 2. The number of amides is 2. The van der Waals surface area contributed by atoms with E-state index in [0.717, 1.165) is 30.0 Å². The molecule has 1 aromatic heterocycles. The highest BCUT2D eigenvalue weighted by Crippen LogP contribution is 2.24. The summed E-state index contributed by atoms with van der Waals surface area (Å²) in [6, 6.07) is 13.6. The highest BCUT2D eigenvalue weighted by Gasteiger charge is 2.18. The van der Waals surface area contributed by atoms with Crippen molar-refractivity contribution in [3.05, 3.63) is 71.1 Å². The summed E-state index contributed by atoms with van der Waals surface area (Å²) in [7, 11) is 0. The lowest BCUT2D eigenvalue weighted by Crippen LogP contribution is -2.41. The maximum Gasteiger partial charge on any atom is 0.253 e. The summed E-state index contributed by atoms with van der Waals surface area (Å²) in [5.41, 5.74) is 2.96. The van der Waals surface area contributed by atoms with Crippen LogP contribution in [0, 0.1) is 0 Å². The number of benzene rings is 2. The predicted molar refractivity (Wildman–Crippen MR) is 118 cm³/mol. The van der Waals surface area contributed by atoms with Crippen LogP contribution >= 0.6 is 11.6 Å². The minimum atomic E-state index is -0.715. The number of carbonyl (C=O) groups is 2. The summed E-state index contributed by atoms with van der Waals surface area (Å²) < 4.78 is 2.22. The summed E-state index contributed by atoms with van der Waals surface area (Å²) in [6.45, 7) is 2.66. The molecule has 0 fully saturated rings. The van der Waals surface area contributed by atoms with Crippen molar-refractivity contribution in [2.24, 2.45) is 0 Å². The van der Waals surface area contributed by atoms with E-state index < -0.39 is 6.04 Å². The zero-order valence-corrected chi connectivity index (χ0v) is 17.4. The molecule has 1 aliphatic rings. The predicted octanol–water partition coefficient (Wildman–Crippen LogP) is 4.30.